The minimum Gasteiger partial charge on any atom is -0.383 e. The number of methoxy groups -OCH3 is 1. The molecule has 0 aliphatic rings. The number of rotatable bonds is 9. The Morgan fingerprint density at radius 3 is 2.93 bits per heavy atom. The molecule has 1 amide bonds. The van der Waals surface area contributed by atoms with Crippen LogP contribution in [0.3, 0.4) is 0 Å². The molecule has 0 bridgehead atoms. The van der Waals surface area contributed by atoms with Crippen molar-refractivity contribution in [2.24, 2.45) is 11.5 Å². The van der Waals surface area contributed by atoms with Crippen LogP contribution < -0.4 is 22.1 Å². The molecule has 146 valence electrons. The molecular formula is C18H22N8O2. The number of nitrogens with zero attached hydrogens (tertiary/aromatic N) is 4. The molecule has 2 heterocycles. The number of ether oxygens (including phenoxy) is 1. The first-order chi connectivity index (χ1) is 13.6. The van der Waals surface area contributed by atoms with Gasteiger partial charge in [0.2, 0.25) is 5.95 Å². The Kier molecular flexibility index (Phi) is 6.14. The molecule has 28 heavy (non-hydrogen) atoms. The molecule has 0 radical (unpaired) electrons. The van der Waals surface area contributed by atoms with Gasteiger partial charge in [0.25, 0.3) is 5.91 Å². The number of benzene rings is 1. The van der Waals surface area contributed by atoms with Crippen LogP contribution in [0.1, 0.15) is 10.4 Å². The van der Waals surface area contributed by atoms with Crippen LogP contribution >= 0.6 is 0 Å². The fourth-order valence-electron chi connectivity index (χ4n) is 2.52. The molecule has 3 rings (SSSR count). The van der Waals surface area contributed by atoms with Crippen molar-refractivity contribution in [1.82, 2.24) is 19.7 Å². The van der Waals surface area contributed by atoms with Gasteiger partial charge in [0.1, 0.15) is 11.4 Å². The van der Waals surface area contributed by atoms with Crippen LogP contribution in [0.15, 0.2) is 48.9 Å². The molecule has 3 aromatic rings. The largest absolute Gasteiger partial charge is 0.383 e. The van der Waals surface area contributed by atoms with E-state index in [0.29, 0.717) is 24.9 Å². The molecule has 0 fully saturated rings. The highest BCUT2D eigenvalue weighted by Gasteiger charge is 2.13. The van der Waals surface area contributed by atoms with Crippen molar-refractivity contribution >= 4 is 23.4 Å². The second-order valence-corrected chi connectivity index (χ2v) is 6.04. The summed E-state index contributed by atoms with van der Waals surface area (Å²) in [6, 6.07) is 9.13. The van der Waals surface area contributed by atoms with Gasteiger partial charge in [-0.1, -0.05) is 6.07 Å². The number of anilines is 3. The number of amides is 1. The van der Waals surface area contributed by atoms with Crippen molar-refractivity contribution in [3.05, 3.63) is 54.5 Å². The summed E-state index contributed by atoms with van der Waals surface area (Å²) >= 11 is 0. The zero-order valence-electron chi connectivity index (χ0n) is 15.4. The molecule has 0 saturated heterocycles. The highest BCUT2D eigenvalue weighted by molar-refractivity contribution is 5.98. The topological polar surface area (TPSA) is 146 Å². The lowest BCUT2D eigenvalue weighted by molar-refractivity contribution is 0.100. The Morgan fingerprint density at radius 1 is 1.36 bits per heavy atom. The number of primary amides is 1. The Balaban J connectivity index is 1.82. The molecule has 0 saturated carbocycles. The van der Waals surface area contributed by atoms with Crippen LogP contribution in [-0.2, 0) is 4.74 Å². The molecule has 2 aromatic heterocycles. The van der Waals surface area contributed by atoms with Gasteiger partial charge in [-0.05, 0) is 24.3 Å². The van der Waals surface area contributed by atoms with Crippen molar-refractivity contribution in [2.45, 2.75) is 6.04 Å². The molecule has 0 aliphatic heterocycles. The lowest BCUT2D eigenvalue weighted by Gasteiger charge is -2.14. The third-order valence-electron chi connectivity index (χ3n) is 3.84. The van der Waals surface area contributed by atoms with E-state index >= 15 is 0 Å². The van der Waals surface area contributed by atoms with Gasteiger partial charge in [0.15, 0.2) is 0 Å². The van der Waals surface area contributed by atoms with Gasteiger partial charge in [-0.25, -0.2) is 9.67 Å². The van der Waals surface area contributed by atoms with E-state index in [2.05, 4.69) is 25.7 Å². The Labute approximate surface area is 161 Å². The highest BCUT2D eigenvalue weighted by Crippen LogP contribution is 2.21. The zero-order valence-corrected chi connectivity index (χ0v) is 15.4. The first-order valence-corrected chi connectivity index (χ1v) is 8.59. The highest BCUT2D eigenvalue weighted by atomic mass is 16.5. The molecule has 6 N–H and O–H groups in total. The van der Waals surface area contributed by atoms with E-state index in [1.807, 2.05) is 36.5 Å². The van der Waals surface area contributed by atoms with E-state index in [-0.39, 0.29) is 11.6 Å². The average Bonchev–Trinajstić information content (AvgIpc) is 3.22. The molecule has 0 aliphatic carbocycles. The summed E-state index contributed by atoms with van der Waals surface area (Å²) in [5, 5.41) is 10.3. The van der Waals surface area contributed by atoms with Crippen molar-refractivity contribution in [3.8, 4) is 5.69 Å². The minimum atomic E-state index is -0.631. The predicted molar refractivity (Wildman–Crippen MR) is 106 cm³/mol. The third kappa shape index (κ3) is 4.81. The van der Waals surface area contributed by atoms with Gasteiger partial charge in [-0.15, -0.1) is 0 Å². The van der Waals surface area contributed by atoms with Gasteiger partial charge < -0.3 is 26.8 Å². The fourth-order valence-corrected chi connectivity index (χ4v) is 2.52. The van der Waals surface area contributed by atoms with Crippen molar-refractivity contribution in [2.75, 3.05) is 30.9 Å². The van der Waals surface area contributed by atoms with E-state index in [9.17, 15) is 4.79 Å². The minimum absolute atomic E-state index is 0.177. The maximum Gasteiger partial charge on any atom is 0.254 e. The number of nitrogens with two attached hydrogens (primary N) is 2. The number of aromatic nitrogens is 4. The van der Waals surface area contributed by atoms with Gasteiger partial charge in [0.05, 0.1) is 12.3 Å². The van der Waals surface area contributed by atoms with Crippen LogP contribution in [0.5, 0.6) is 0 Å². The van der Waals surface area contributed by atoms with Crippen LogP contribution in [-0.4, -0.2) is 52.0 Å². The maximum absolute atomic E-state index is 11.8. The monoisotopic (exact) mass is 382 g/mol. The summed E-state index contributed by atoms with van der Waals surface area (Å²) in [5.41, 5.74) is 13.1. The number of carbonyl (C=O) groups is 1. The summed E-state index contributed by atoms with van der Waals surface area (Å²) in [6.07, 6.45) is 4.91. The number of carbonyl (C=O) groups excluding carboxylic acids is 1. The van der Waals surface area contributed by atoms with E-state index in [4.69, 9.17) is 16.2 Å². The predicted octanol–water partition coefficient (Wildman–Crippen LogP) is 0.890. The normalized spacial score (nSPS) is 11.8. The zero-order chi connectivity index (χ0) is 19.9. The van der Waals surface area contributed by atoms with Crippen molar-refractivity contribution in [3.63, 3.8) is 0 Å². The van der Waals surface area contributed by atoms with E-state index in [1.54, 1.807) is 18.0 Å². The Hall–Kier alpha value is -3.50. The van der Waals surface area contributed by atoms with Crippen LogP contribution in [0.4, 0.5) is 17.5 Å². The second-order valence-electron chi connectivity index (χ2n) is 6.04. The fraction of sp³-hybridized carbons (Fsp3) is 0.222. The smallest absolute Gasteiger partial charge is 0.254 e. The molecule has 1 atom stereocenters. The molecule has 0 spiro atoms. The van der Waals surface area contributed by atoms with Crippen LogP contribution in [0.2, 0.25) is 0 Å². The number of nitrogens with one attached hydrogen (secondary N) is 2. The number of hydrogen-bond acceptors (Lipinski definition) is 8. The maximum atomic E-state index is 11.8. The molecular weight excluding hydrogens is 360 g/mol. The summed E-state index contributed by atoms with van der Waals surface area (Å²) < 4.78 is 6.73. The summed E-state index contributed by atoms with van der Waals surface area (Å²) in [6.45, 7) is 0.815. The molecule has 1 unspecified atom stereocenters. The summed E-state index contributed by atoms with van der Waals surface area (Å²) in [4.78, 5) is 20.2. The van der Waals surface area contributed by atoms with Gasteiger partial charge in [-0.2, -0.15) is 10.1 Å². The van der Waals surface area contributed by atoms with Crippen molar-refractivity contribution in [1.29, 1.82) is 0 Å². The van der Waals surface area contributed by atoms with E-state index < -0.39 is 5.91 Å². The summed E-state index contributed by atoms with van der Waals surface area (Å²) in [5.74, 6) is -0.0152. The van der Waals surface area contributed by atoms with Crippen LogP contribution in [0.25, 0.3) is 5.69 Å². The Morgan fingerprint density at radius 2 is 2.21 bits per heavy atom. The van der Waals surface area contributed by atoms with Gasteiger partial charge in [-0.3, -0.25) is 4.79 Å². The molecule has 1 aromatic carbocycles. The van der Waals surface area contributed by atoms with E-state index in [1.165, 1.54) is 6.20 Å². The summed E-state index contributed by atoms with van der Waals surface area (Å²) in [7, 11) is 1.58. The standard InChI is InChI=1S/C18H22N8O2/c1-28-11-12(19)9-21-18-22-10-15(16(20)27)17(25-18)24-13-4-2-5-14(8-13)26-7-3-6-23-26/h2-8,10,12H,9,11,19H2,1H3,(H2,20,27)(H2,21,22,24,25). The van der Waals surface area contributed by atoms with E-state index in [0.717, 1.165) is 11.4 Å². The molecule has 10 nitrogen and oxygen atoms in total. The average molecular weight is 382 g/mol. The van der Waals surface area contributed by atoms with Crippen molar-refractivity contribution < 1.29 is 9.53 Å². The van der Waals surface area contributed by atoms with Gasteiger partial charge in [0, 0.05) is 44.0 Å². The second kappa shape index (κ2) is 8.93. The Bertz CT molecular complexity index is 929. The van der Waals surface area contributed by atoms with Crippen LogP contribution in [0, 0.1) is 0 Å². The quantitative estimate of drug-likeness (QED) is 0.427. The third-order valence-corrected chi connectivity index (χ3v) is 3.84. The first kappa shape index (κ1) is 19.3. The van der Waals surface area contributed by atoms with Gasteiger partial charge >= 0.3 is 0 Å². The number of hydrogen-bond donors (Lipinski definition) is 4. The molecule has 10 heteroatoms. The SMILES string of the molecule is COCC(N)CNc1ncc(C(N)=O)c(Nc2cccc(-n3cccn3)c2)n1. The first-order valence-electron chi connectivity index (χ1n) is 8.59. The lowest BCUT2D eigenvalue weighted by atomic mass is 10.2. The lowest BCUT2D eigenvalue weighted by Crippen LogP contribution is -2.33.